The molecular formula is C27H24F6O3. The topological polar surface area (TPSA) is 35.5 Å². The molecule has 192 valence electrons. The summed E-state index contributed by atoms with van der Waals surface area (Å²) in [6, 6.07) is 2.98. The van der Waals surface area contributed by atoms with E-state index in [1.165, 1.54) is 25.2 Å². The Kier molecular flexibility index (Phi) is 10.6. The Morgan fingerprint density at radius 2 is 1.36 bits per heavy atom. The van der Waals surface area contributed by atoms with Crippen molar-refractivity contribution in [1.82, 2.24) is 0 Å². The van der Waals surface area contributed by atoms with Gasteiger partial charge in [-0.3, -0.25) is 0 Å². The minimum absolute atomic E-state index is 0.0372. The molecule has 0 radical (unpaired) electrons. The van der Waals surface area contributed by atoms with Crippen LogP contribution in [0.4, 0.5) is 26.3 Å². The molecule has 0 aliphatic carbocycles. The Balaban J connectivity index is 2.40. The van der Waals surface area contributed by atoms with E-state index < -0.39 is 46.8 Å². The molecule has 0 spiro atoms. The molecule has 36 heavy (non-hydrogen) atoms. The molecule has 0 saturated heterocycles. The van der Waals surface area contributed by atoms with Gasteiger partial charge in [-0.2, -0.15) is 0 Å². The first-order valence-electron chi connectivity index (χ1n) is 10.8. The Morgan fingerprint density at radius 1 is 0.861 bits per heavy atom. The minimum atomic E-state index is -1.68. The number of hydrogen-bond acceptors (Lipinski definition) is 3. The maximum absolute atomic E-state index is 14.0. The molecule has 9 heteroatoms. The van der Waals surface area contributed by atoms with Crippen LogP contribution < -0.4 is 0 Å². The molecule has 0 heterocycles. The Labute approximate surface area is 205 Å². The lowest BCUT2D eigenvalue weighted by Gasteiger charge is -2.19. The number of hydrogen-bond donors (Lipinski definition) is 0. The van der Waals surface area contributed by atoms with Gasteiger partial charge in [0.05, 0.1) is 13.2 Å². The summed E-state index contributed by atoms with van der Waals surface area (Å²) in [5.74, 6) is -10.5. The fourth-order valence-corrected chi connectivity index (χ4v) is 3.22. The maximum atomic E-state index is 14.0. The molecule has 0 N–H and O–H groups in total. The number of esters is 1. The zero-order chi connectivity index (χ0) is 26.8. The summed E-state index contributed by atoms with van der Waals surface area (Å²) < 4.78 is 93.4. The fourth-order valence-electron chi connectivity index (χ4n) is 3.22. The third kappa shape index (κ3) is 7.63. The van der Waals surface area contributed by atoms with Crippen molar-refractivity contribution in [3.8, 4) is 0 Å². The number of carbonyl (C=O) groups excluding carboxylic acids is 1. The Hall–Kier alpha value is -3.75. The smallest absolute Gasteiger partial charge is 0.330 e. The van der Waals surface area contributed by atoms with Crippen LogP contribution in [0.5, 0.6) is 0 Å². The van der Waals surface area contributed by atoms with Crippen molar-refractivity contribution in [3.63, 3.8) is 0 Å². The number of unbranched alkanes of at least 4 members (excludes halogenated alkanes) is 1. The SMILES string of the molecule is C=C/C=C(\C=C(\c1cc(F)c(F)c(F)c1)C(C)c1cc(F)c(F)c(F)c1)OCCCCOC(=O)C=C. The Bertz CT molecular complexity index is 1140. The first kappa shape index (κ1) is 28.5. The van der Waals surface area contributed by atoms with Crippen LogP contribution in [0.25, 0.3) is 5.57 Å². The van der Waals surface area contributed by atoms with Gasteiger partial charge in [-0.15, -0.1) is 0 Å². The highest BCUT2D eigenvalue weighted by molar-refractivity contribution is 5.81. The number of benzene rings is 2. The first-order chi connectivity index (χ1) is 17.1. The van der Waals surface area contributed by atoms with Gasteiger partial charge < -0.3 is 9.47 Å². The highest BCUT2D eigenvalue weighted by atomic mass is 19.2. The van der Waals surface area contributed by atoms with Gasteiger partial charge in [0, 0.05) is 12.0 Å². The molecule has 0 saturated carbocycles. The number of rotatable bonds is 12. The van der Waals surface area contributed by atoms with Gasteiger partial charge in [-0.05, 0) is 66.0 Å². The number of allylic oxidation sites excluding steroid dienone is 4. The number of halogens is 6. The lowest BCUT2D eigenvalue weighted by atomic mass is 9.87. The molecule has 0 bridgehead atoms. The highest BCUT2D eigenvalue weighted by Crippen LogP contribution is 2.35. The molecule has 1 atom stereocenters. The summed E-state index contributed by atoms with van der Waals surface area (Å²) in [6.45, 7) is 8.63. The van der Waals surface area contributed by atoms with Crippen LogP contribution in [0, 0.1) is 34.9 Å². The second-order valence-electron chi connectivity index (χ2n) is 7.61. The van der Waals surface area contributed by atoms with E-state index in [-0.39, 0.29) is 35.7 Å². The number of carbonyl (C=O) groups is 1. The van der Waals surface area contributed by atoms with Crippen LogP contribution in [0.1, 0.15) is 36.8 Å². The largest absolute Gasteiger partial charge is 0.494 e. The van der Waals surface area contributed by atoms with Crippen LogP contribution in [0.3, 0.4) is 0 Å². The summed E-state index contributed by atoms with van der Waals surface area (Å²) >= 11 is 0. The molecule has 2 aromatic rings. The standard InChI is InChI=1S/C27H24F6O3/c1-4-8-19(35-9-6-7-10-36-25(34)5-2)15-20(18-13-23(30)27(33)24(31)14-18)16(3)17-11-21(28)26(32)22(29)12-17/h4-5,8,11-16H,1-2,6-7,9-10H2,3H3/b19-8+,20-15+. The van der Waals surface area contributed by atoms with Crippen molar-refractivity contribution in [3.05, 3.63) is 114 Å². The highest BCUT2D eigenvalue weighted by Gasteiger charge is 2.21. The third-order valence-electron chi connectivity index (χ3n) is 5.09. The summed E-state index contributed by atoms with van der Waals surface area (Å²) in [5, 5.41) is 0. The quantitative estimate of drug-likeness (QED) is 0.0572. The molecule has 0 amide bonds. The second kappa shape index (κ2) is 13.4. The third-order valence-corrected chi connectivity index (χ3v) is 5.09. The zero-order valence-corrected chi connectivity index (χ0v) is 19.4. The maximum Gasteiger partial charge on any atom is 0.330 e. The van der Waals surface area contributed by atoms with Crippen molar-refractivity contribution in [2.24, 2.45) is 0 Å². The molecule has 0 fully saturated rings. The zero-order valence-electron chi connectivity index (χ0n) is 19.4. The van der Waals surface area contributed by atoms with Crippen molar-refractivity contribution in [1.29, 1.82) is 0 Å². The summed E-state index contributed by atoms with van der Waals surface area (Å²) in [6.07, 6.45) is 6.14. The summed E-state index contributed by atoms with van der Waals surface area (Å²) in [4.78, 5) is 11.1. The van der Waals surface area contributed by atoms with Gasteiger partial charge >= 0.3 is 5.97 Å². The van der Waals surface area contributed by atoms with Gasteiger partial charge in [0.2, 0.25) is 0 Å². The van der Waals surface area contributed by atoms with Gasteiger partial charge in [-0.25, -0.2) is 31.1 Å². The lowest BCUT2D eigenvalue weighted by Crippen LogP contribution is -2.05. The molecule has 2 aromatic carbocycles. The molecule has 0 aromatic heterocycles. The van der Waals surface area contributed by atoms with E-state index in [9.17, 15) is 31.1 Å². The van der Waals surface area contributed by atoms with E-state index in [0.29, 0.717) is 12.8 Å². The molecule has 0 aliphatic heterocycles. The average molecular weight is 510 g/mol. The van der Waals surface area contributed by atoms with Crippen molar-refractivity contribution in [2.75, 3.05) is 13.2 Å². The van der Waals surface area contributed by atoms with Crippen molar-refractivity contribution < 1.29 is 40.6 Å². The monoisotopic (exact) mass is 510 g/mol. The Morgan fingerprint density at radius 3 is 1.86 bits per heavy atom. The van der Waals surface area contributed by atoms with E-state index in [2.05, 4.69) is 13.2 Å². The van der Waals surface area contributed by atoms with E-state index in [1.54, 1.807) is 0 Å². The first-order valence-corrected chi connectivity index (χ1v) is 10.8. The van der Waals surface area contributed by atoms with Gasteiger partial charge in [0.25, 0.3) is 0 Å². The van der Waals surface area contributed by atoms with Crippen LogP contribution in [0.15, 0.2) is 67.5 Å². The van der Waals surface area contributed by atoms with Crippen LogP contribution >= 0.6 is 0 Å². The fraction of sp³-hybridized carbons (Fsp3) is 0.222. The van der Waals surface area contributed by atoms with Gasteiger partial charge in [0.1, 0.15) is 5.76 Å². The normalized spacial score (nSPS) is 12.8. The van der Waals surface area contributed by atoms with Crippen LogP contribution in [0.2, 0.25) is 0 Å². The molecule has 2 rings (SSSR count). The van der Waals surface area contributed by atoms with E-state index >= 15 is 0 Å². The van der Waals surface area contributed by atoms with Crippen molar-refractivity contribution >= 4 is 11.5 Å². The van der Waals surface area contributed by atoms with Gasteiger partial charge in [-0.1, -0.05) is 26.2 Å². The summed E-state index contributed by atoms with van der Waals surface area (Å²) in [5.41, 5.74) is -0.0602. The lowest BCUT2D eigenvalue weighted by molar-refractivity contribution is -0.137. The molecule has 1 unspecified atom stereocenters. The average Bonchev–Trinajstić information content (AvgIpc) is 2.84. The van der Waals surface area contributed by atoms with Gasteiger partial charge in [0.15, 0.2) is 34.9 Å². The number of ether oxygens (including phenoxy) is 2. The molecule has 0 aliphatic rings. The van der Waals surface area contributed by atoms with E-state index in [4.69, 9.17) is 9.47 Å². The predicted octanol–water partition coefficient (Wildman–Crippen LogP) is 7.30. The van der Waals surface area contributed by atoms with E-state index in [1.807, 2.05) is 0 Å². The molecule has 3 nitrogen and oxygen atoms in total. The predicted molar refractivity (Wildman–Crippen MR) is 124 cm³/mol. The minimum Gasteiger partial charge on any atom is -0.494 e. The summed E-state index contributed by atoms with van der Waals surface area (Å²) in [7, 11) is 0. The van der Waals surface area contributed by atoms with Crippen molar-refractivity contribution in [2.45, 2.75) is 25.7 Å². The van der Waals surface area contributed by atoms with E-state index in [0.717, 1.165) is 30.3 Å². The second-order valence-corrected chi connectivity index (χ2v) is 7.61. The molecular weight excluding hydrogens is 486 g/mol. The van der Waals surface area contributed by atoms with Crippen LogP contribution in [-0.4, -0.2) is 19.2 Å². The van der Waals surface area contributed by atoms with Crippen LogP contribution in [-0.2, 0) is 14.3 Å².